The number of nitrogens with one attached hydrogen (secondary N) is 3. The summed E-state index contributed by atoms with van der Waals surface area (Å²) in [5.74, 6) is -0.589. The van der Waals surface area contributed by atoms with Gasteiger partial charge in [-0.2, -0.15) is 0 Å². The highest BCUT2D eigenvalue weighted by Gasteiger charge is 2.29. The molecule has 0 spiro atoms. The average molecular weight is 815 g/mol. The fourth-order valence-electron chi connectivity index (χ4n) is 5.49. The van der Waals surface area contributed by atoms with Crippen molar-refractivity contribution in [2.24, 2.45) is 0 Å². The largest absolute Gasteiger partial charge is 0.478 e. The lowest BCUT2D eigenvalue weighted by molar-refractivity contribution is -0.145. The molecular weight excluding hydrogens is 750 g/mol. The Labute approximate surface area is 351 Å². The van der Waals surface area contributed by atoms with Gasteiger partial charge in [-0.25, -0.2) is 4.79 Å². The molecule has 10 heteroatoms. The van der Waals surface area contributed by atoms with E-state index in [-0.39, 0.29) is 24.1 Å². The number of hydrogen-bond acceptors (Lipinski definition) is 6. The highest BCUT2D eigenvalue weighted by atomic mass is 35.5. The molecule has 2 rings (SSSR count). The van der Waals surface area contributed by atoms with Crippen molar-refractivity contribution in [1.82, 2.24) is 16.0 Å². The van der Waals surface area contributed by atoms with E-state index in [9.17, 15) is 19.2 Å². The molecule has 0 aromatic heterocycles. The van der Waals surface area contributed by atoms with Crippen LogP contribution in [0.15, 0.2) is 121 Å². The number of halogens is 1. The molecule has 2 aromatic rings. The Kier molecular flexibility index (Phi) is 25.3. The highest BCUT2D eigenvalue weighted by molar-refractivity contribution is 6.30. The van der Waals surface area contributed by atoms with Gasteiger partial charge in [0.25, 0.3) is 11.8 Å². The highest BCUT2D eigenvalue weighted by Crippen LogP contribution is 2.20. The van der Waals surface area contributed by atoms with Crippen LogP contribution in [0.4, 0.5) is 0 Å². The number of ether oxygens (including phenoxy) is 2. The minimum Gasteiger partial charge on any atom is -0.478 e. The molecule has 314 valence electrons. The smallest absolute Gasteiger partial charge is 0.328 e. The summed E-state index contributed by atoms with van der Waals surface area (Å²) >= 11 is 5.89. The van der Waals surface area contributed by atoms with Gasteiger partial charge in [-0.1, -0.05) is 104 Å². The van der Waals surface area contributed by atoms with Gasteiger partial charge in [0.2, 0.25) is 5.91 Å². The van der Waals surface area contributed by atoms with Crippen LogP contribution in [0.3, 0.4) is 0 Å². The van der Waals surface area contributed by atoms with Gasteiger partial charge >= 0.3 is 5.97 Å². The van der Waals surface area contributed by atoms with Crippen molar-refractivity contribution < 1.29 is 28.7 Å². The van der Waals surface area contributed by atoms with Gasteiger partial charge in [-0.05, 0) is 126 Å². The maximum absolute atomic E-state index is 12.9. The maximum atomic E-state index is 12.9. The van der Waals surface area contributed by atoms with Crippen molar-refractivity contribution in [3.8, 4) is 5.75 Å². The summed E-state index contributed by atoms with van der Waals surface area (Å²) in [5.41, 5.74) is 0.434. The number of unbranched alkanes of at least 4 members (excludes halogenated alkanes) is 1. The van der Waals surface area contributed by atoms with Crippen molar-refractivity contribution in [2.75, 3.05) is 20.2 Å². The average Bonchev–Trinajstić information content (AvgIpc) is 3.21. The Morgan fingerprint density at radius 2 is 1.26 bits per heavy atom. The first-order valence-electron chi connectivity index (χ1n) is 20.4. The molecule has 3 N–H and O–H groups in total. The van der Waals surface area contributed by atoms with E-state index in [0.717, 1.165) is 44.1 Å². The number of allylic oxidation sites excluding steroid dienone is 12. The van der Waals surface area contributed by atoms with Gasteiger partial charge in [0, 0.05) is 30.1 Å². The first kappa shape index (κ1) is 49.0. The summed E-state index contributed by atoms with van der Waals surface area (Å²) in [6, 6.07) is 13.4. The number of carbonyl (C=O) groups is 4. The van der Waals surface area contributed by atoms with Gasteiger partial charge < -0.3 is 25.4 Å². The van der Waals surface area contributed by atoms with E-state index in [2.05, 4.69) is 83.6 Å². The zero-order chi connectivity index (χ0) is 42.3. The SMILES string of the molecule is CC/C=C\C/C=C\C/C=C\C/C=C\C/C=C\C/C=C\CCC(=O)NC(CCCCNC(=O)C(C)(C)Oc1ccc(CCNC(=O)c2ccc(Cl)cc2)cc1)C(=O)OC. The Bertz CT molecular complexity index is 1690. The normalized spacial score (nSPS) is 12.6. The van der Waals surface area contributed by atoms with Crippen molar-refractivity contribution >= 4 is 35.3 Å². The fraction of sp³-hybridized carbons (Fsp3) is 0.417. The van der Waals surface area contributed by atoms with E-state index < -0.39 is 17.6 Å². The van der Waals surface area contributed by atoms with Crippen molar-refractivity contribution in [1.29, 1.82) is 0 Å². The van der Waals surface area contributed by atoms with Crippen LogP contribution in [0.25, 0.3) is 0 Å². The van der Waals surface area contributed by atoms with Crippen molar-refractivity contribution in [2.45, 2.75) is 109 Å². The van der Waals surface area contributed by atoms with E-state index in [1.54, 1.807) is 50.2 Å². The predicted octanol–water partition coefficient (Wildman–Crippen LogP) is 9.89. The molecule has 1 unspecified atom stereocenters. The van der Waals surface area contributed by atoms with Crippen LogP contribution in [-0.2, 0) is 25.5 Å². The Morgan fingerprint density at radius 3 is 1.81 bits per heavy atom. The first-order chi connectivity index (χ1) is 28.1. The lowest BCUT2D eigenvalue weighted by Gasteiger charge is -2.25. The molecule has 0 saturated carbocycles. The molecule has 0 heterocycles. The molecule has 0 aliphatic heterocycles. The van der Waals surface area contributed by atoms with Crippen LogP contribution < -0.4 is 20.7 Å². The molecule has 0 aliphatic carbocycles. The number of hydrogen-bond donors (Lipinski definition) is 3. The van der Waals surface area contributed by atoms with Gasteiger partial charge in [0.05, 0.1) is 7.11 Å². The van der Waals surface area contributed by atoms with Gasteiger partial charge in [-0.3, -0.25) is 14.4 Å². The summed E-state index contributed by atoms with van der Waals surface area (Å²) in [4.78, 5) is 50.2. The Hall–Kier alpha value is -5.15. The van der Waals surface area contributed by atoms with E-state index in [1.165, 1.54) is 7.11 Å². The van der Waals surface area contributed by atoms with Gasteiger partial charge in [0.15, 0.2) is 5.60 Å². The second-order valence-corrected chi connectivity index (χ2v) is 14.6. The number of esters is 1. The van der Waals surface area contributed by atoms with Crippen LogP contribution in [0.2, 0.25) is 5.02 Å². The van der Waals surface area contributed by atoms with Crippen LogP contribution in [0, 0.1) is 0 Å². The number of benzene rings is 2. The van der Waals surface area contributed by atoms with Crippen LogP contribution in [-0.4, -0.2) is 55.5 Å². The lowest BCUT2D eigenvalue weighted by atomic mass is 10.1. The van der Waals surface area contributed by atoms with Crippen LogP contribution >= 0.6 is 11.6 Å². The summed E-state index contributed by atoms with van der Waals surface area (Å²) in [6.45, 7) is 6.39. The topological polar surface area (TPSA) is 123 Å². The predicted molar refractivity (Wildman–Crippen MR) is 237 cm³/mol. The second-order valence-electron chi connectivity index (χ2n) is 14.1. The summed E-state index contributed by atoms with van der Waals surface area (Å²) in [5, 5.41) is 9.18. The fourth-order valence-corrected chi connectivity index (χ4v) is 5.61. The summed E-state index contributed by atoms with van der Waals surface area (Å²) < 4.78 is 10.9. The molecule has 0 radical (unpaired) electrons. The van der Waals surface area contributed by atoms with E-state index in [4.69, 9.17) is 21.1 Å². The molecule has 1 atom stereocenters. The third-order valence-electron chi connectivity index (χ3n) is 8.81. The molecule has 58 heavy (non-hydrogen) atoms. The summed E-state index contributed by atoms with van der Waals surface area (Å²) in [6.07, 6.45) is 34.4. The number of rotatable bonds is 28. The molecular formula is C48H64ClN3O6. The zero-order valence-corrected chi connectivity index (χ0v) is 35.6. The first-order valence-corrected chi connectivity index (χ1v) is 20.8. The summed E-state index contributed by atoms with van der Waals surface area (Å²) in [7, 11) is 1.30. The van der Waals surface area contributed by atoms with Gasteiger partial charge in [0.1, 0.15) is 11.8 Å². The van der Waals surface area contributed by atoms with Gasteiger partial charge in [-0.15, -0.1) is 0 Å². The molecule has 9 nitrogen and oxygen atoms in total. The van der Waals surface area contributed by atoms with E-state index in [1.807, 2.05) is 24.3 Å². The van der Waals surface area contributed by atoms with Crippen molar-refractivity contribution in [3.63, 3.8) is 0 Å². The molecule has 0 aliphatic rings. The molecule has 0 bridgehead atoms. The quantitative estimate of drug-likeness (QED) is 0.0447. The van der Waals surface area contributed by atoms with Crippen LogP contribution in [0.1, 0.15) is 107 Å². The number of carbonyl (C=O) groups excluding carboxylic acids is 4. The third kappa shape index (κ3) is 22.6. The molecule has 2 aromatic carbocycles. The molecule has 3 amide bonds. The zero-order valence-electron chi connectivity index (χ0n) is 34.9. The van der Waals surface area contributed by atoms with Crippen molar-refractivity contribution in [3.05, 3.63) is 138 Å². The minimum atomic E-state index is -1.13. The minimum absolute atomic E-state index is 0.164. The number of amides is 3. The van der Waals surface area contributed by atoms with E-state index in [0.29, 0.717) is 61.5 Å². The lowest BCUT2D eigenvalue weighted by Crippen LogP contribution is -2.46. The molecule has 0 fully saturated rings. The Morgan fingerprint density at radius 1 is 0.707 bits per heavy atom. The number of methoxy groups -OCH3 is 1. The standard InChI is InChI=1S/C48H64ClN3O6/c1-5-6-7-8-9-10-11-12-13-14-15-16-17-18-19-20-21-22-23-27-44(53)52-43(46(55)57-4)26-24-25-37-51-47(56)48(2,3)58-42-34-28-39(29-35-42)36-38-50-45(54)40-30-32-41(49)33-31-40/h6-7,9-10,12-13,15-16,18-19,21-22,28-35,43H,5,8,11,14,17,20,23-27,36-38H2,1-4H3,(H,50,54)(H,51,56)(H,52,53)/b7-6-,10-9-,13-12-,16-15-,19-18-,22-21-. The Balaban J connectivity index is 1.60. The monoisotopic (exact) mass is 813 g/mol. The third-order valence-corrected chi connectivity index (χ3v) is 9.06. The molecule has 0 saturated heterocycles. The van der Waals surface area contributed by atoms with Crippen LogP contribution in [0.5, 0.6) is 5.75 Å². The maximum Gasteiger partial charge on any atom is 0.328 e. The van der Waals surface area contributed by atoms with E-state index >= 15 is 0 Å². The second kappa shape index (κ2) is 30.0.